The molecular formula is C10H6ClF5N2O. The van der Waals surface area contributed by atoms with E-state index in [4.69, 9.17) is 11.6 Å². The minimum atomic E-state index is -4.82. The molecule has 2 atom stereocenters. The molecule has 0 radical (unpaired) electrons. The molecule has 0 bridgehead atoms. The van der Waals surface area contributed by atoms with Crippen LogP contribution in [0.2, 0.25) is 0 Å². The molecule has 0 saturated heterocycles. The molecule has 9 heteroatoms. The van der Waals surface area contributed by atoms with Crippen molar-refractivity contribution in [3.8, 4) is 0 Å². The monoisotopic (exact) mass is 300 g/mol. The Hall–Kier alpha value is -1.18. The summed E-state index contributed by atoms with van der Waals surface area (Å²) in [6, 6.07) is 0. The molecular weight excluding hydrogens is 295 g/mol. The number of halogens is 6. The summed E-state index contributed by atoms with van der Waals surface area (Å²) in [6.45, 7) is -0.797. The summed E-state index contributed by atoms with van der Waals surface area (Å²) in [5.41, 5.74) is -2.61. The molecule has 2 aliphatic carbocycles. The Kier molecular flexibility index (Phi) is 2.35. The zero-order chi connectivity index (χ0) is 14.2. The van der Waals surface area contributed by atoms with Crippen LogP contribution in [0.25, 0.3) is 0 Å². The van der Waals surface area contributed by atoms with Crippen LogP contribution in [0.15, 0.2) is 0 Å². The van der Waals surface area contributed by atoms with E-state index < -0.39 is 52.7 Å². The minimum Gasteiger partial charge on any atom is -0.279 e. The van der Waals surface area contributed by atoms with Crippen LogP contribution in [0.5, 0.6) is 0 Å². The van der Waals surface area contributed by atoms with Gasteiger partial charge in [0.15, 0.2) is 5.69 Å². The fraction of sp³-hybridized carbons (Fsp3) is 0.600. The van der Waals surface area contributed by atoms with Crippen LogP contribution >= 0.6 is 11.6 Å². The smallest absolute Gasteiger partial charge is 0.279 e. The number of fused-ring (bicyclic) bond motifs is 3. The molecule has 0 aliphatic heterocycles. The van der Waals surface area contributed by atoms with Gasteiger partial charge in [0.25, 0.3) is 5.92 Å². The second kappa shape index (κ2) is 3.47. The molecule has 0 N–H and O–H groups in total. The van der Waals surface area contributed by atoms with Gasteiger partial charge in [-0.3, -0.25) is 9.48 Å². The Labute approximate surface area is 108 Å². The van der Waals surface area contributed by atoms with E-state index in [1.807, 2.05) is 0 Å². The molecule has 19 heavy (non-hydrogen) atoms. The van der Waals surface area contributed by atoms with Gasteiger partial charge in [0, 0.05) is 11.5 Å². The standard InChI is InChI=1S/C10H6ClF5N2O/c11-5(19)2-18-8-6(7(17-18)10(14,15)16)3-1-4(3)9(8,12)13/h3-4H,1-2H2/t3-,4+/m0/s1. The first kappa shape index (κ1) is 12.8. The molecule has 2 aliphatic rings. The van der Waals surface area contributed by atoms with Gasteiger partial charge < -0.3 is 0 Å². The highest BCUT2D eigenvalue weighted by atomic mass is 35.5. The SMILES string of the molecule is O=C(Cl)Cn1nc(C(F)(F)F)c2c1C(F)(F)[C@@H]1C[C@H]21. The lowest BCUT2D eigenvalue weighted by molar-refractivity contribution is -0.142. The van der Waals surface area contributed by atoms with Crippen LogP contribution in [0.4, 0.5) is 22.0 Å². The lowest BCUT2D eigenvalue weighted by Crippen LogP contribution is -2.21. The van der Waals surface area contributed by atoms with Crippen molar-refractivity contribution in [1.82, 2.24) is 9.78 Å². The summed E-state index contributed by atoms with van der Waals surface area (Å²) in [6.07, 6.45) is -4.80. The van der Waals surface area contributed by atoms with Crippen molar-refractivity contribution >= 4 is 16.8 Å². The minimum absolute atomic E-state index is 0.0175. The van der Waals surface area contributed by atoms with Crippen LogP contribution in [0.3, 0.4) is 0 Å². The van der Waals surface area contributed by atoms with E-state index in [-0.39, 0.29) is 6.42 Å². The number of nitrogens with zero attached hydrogens (tertiary/aromatic N) is 2. The molecule has 3 nitrogen and oxygen atoms in total. The zero-order valence-corrected chi connectivity index (χ0v) is 9.90. The van der Waals surface area contributed by atoms with Crippen molar-refractivity contribution in [1.29, 1.82) is 0 Å². The number of carbonyl (C=O) groups excluding carboxylic acids is 1. The van der Waals surface area contributed by atoms with Crippen LogP contribution < -0.4 is 0 Å². The van der Waals surface area contributed by atoms with Crippen molar-refractivity contribution in [2.75, 3.05) is 0 Å². The maximum absolute atomic E-state index is 13.9. The third kappa shape index (κ3) is 1.69. The second-order valence-corrected chi connectivity index (χ2v) is 5.11. The van der Waals surface area contributed by atoms with E-state index in [0.29, 0.717) is 4.68 Å². The highest BCUT2D eigenvalue weighted by Gasteiger charge is 2.68. The van der Waals surface area contributed by atoms with Gasteiger partial charge in [-0.25, -0.2) is 0 Å². The van der Waals surface area contributed by atoms with Gasteiger partial charge in [0.1, 0.15) is 12.2 Å². The second-order valence-electron chi connectivity index (χ2n) is 4.69. The van der Waals surface area contributed by atoms with Gasteiger partial charge in [-0.1, -0.05) is 0 Å². The molecule has 104 valence electrons. The van der Waals surface area contributed by atoms with Gasteiger partial charge >= 0.3 is 6.18 Å². The lowest BCUT2D eigenvalue weighted by Gasteiger charge is -2.14. The molecule has 3 rings (SSSR count). The molecule has 1 aromatic rings. The quantitative estimate of drug-likeness (QED) is 0.622. The molecule has 0 amide bonds. The topological polar surface area (TPSA) is 34.9 Å². The van der Waals surface area contributed by atoms with Crippen molar-refractivity contribution in [3.63, 3.8) is 0 Å². The van der Waals surface area contributed by atoms with E-state index in [2.05, 4.69) is 5.10 Å². The third-order valence-electron chi connectivity index (χ3n) is 3.47. The van der Waals surface area contributed by atoms with E-state index in [9.17, 15) is 26.7 Å². The molecule has 0 aromatic carbocycles. The highest BCUT2D eigenvalue weighted by Crippen LogP contribution is 2.68. The number of alkyl halides is 5. The van der Waals surface area contributed by atoms with Gasteiger partial charge in [-0.15, -0.1) is 0 Å². The maximum atomic E-state index is 13.9. The van der Waals surface area contributed by atoms with Crippen molar-refractivity contribution < 1.29 is 26.7 Å². The first-order valence-electron chi connectivity index (χ1n) is 5.38. The number of hydrogen-bond acceptors (Lipinski definition) is 2. The Morgan fingerprint density at radius 3 is 2.63 bits per heavy atom. The summed E-state index contributed by atoms with van der Waals surface area (Å²) in [5, 5.41) is 2.08. The van der Waals surface area contributed by atoms with Crippen molar-refractivity contribution in [2.24, 2.45) is 5.92 Å². The summed E-state index contributed by atoms with van der Waals surface area (Å²) >= 11 is 5.05. The molecule has 1 saturated carbocycles. The van der Waals surface area contributed by atoms with Gasteiger partial charge in [0.05, 0.1) is 0 Å². The first-order chi connectivity index (χ1) is 8.64. The summed E-state index contributed by atoms with van der Waals surface area (Å²) in [5.74, 6) is -5.32. The van der Waals surface area contributed by atoms with E-state index >= 15 is 0 Å². The molecule has 0 unspecified atom stereocenters. The molecule has 0 spiro atoms. The average molecular weight is 301 g/mol. The Balaban J connectivity index is 2.19. The number of rotatable bonds is 2. The Morgan fingerprint density at radius 1 is 1.47 bits per heavy atom. The highest BCUT2D eigenvalue weighted by molar-refractivity contribution is 6.63. The van der Waals surface area contributed by atoms with Crippen molar-refractivity contribution in [3.05, 3.63) is 17.0 Å². The number of hydrogen-bond donors (Lipinski definition) is 0. The summed E-state index contributed by atoms with van der Waals surface area (Å²) in [7, 11) is 0. The van der Waals surface area contributed by atoms with Gasteiger partial charge in [-0.05, 0) is 23.9 Å². The lowest BCUT2D eigenvalue weighted by atomic mass is 10.1. The fourth-order valence-corrected chi connectivity index (χ4v) is 2.82. The van der Waals surface area contributed by atoms with Crippen LogP contribution in [0, 0.1) is 5.92 Å². The predicted molar refractivity (Wildman–Crippen MR) is 52.8 cm³/mol. The first-order valence-corrected chi connectivity index (χ1v) is 5.76. The average Bonchev–Trinajstić information content (AvgIpc) is 2.87. The van der Waals surface area contributed by atoms with Crippen LogP contribution in [-0.2, 0) is 23.4 Å². The van der Waals surface area contributed by atoms with Crippen LogP contribution in [-0.4, -0.2) is 15.0 Å². The largest absolute Gasteiger partial charge is 0.435 e. The maximum Gasteiger partial charge on any atom is 0.435 e. The number of carbonyl (C=O) groups is 1. The van der Waals surface area contributed by atoms with E-state index in [1.54, 1.807) is 0 Å². The molecule has 1 heterocycles. The van der Waals surface area contributed by atoms with E-state index in [1.165, 1.54) is 0 Å². The third-order valence-corrected chi connectivity index (χ3v) is 3.59. The van der Waals surface area contributed by atoms with Crippen LogP contribution in [0.1, 0.15) is 29.3 Å². The molecule has 1 fully saturated rings. The zero-order valence-electron chi connectivity index (χ0n) is 9.14. The van der Waals surface area contributed by atoms with Gasteiger partial charge in [-0.2, -0.15) is 27.1 Å². The van der Waals surface area contributed by atoms with Gasteiger partial charge in [0.2, 0.25) is 5.24 Å². The normalized spacial score (nSPS) is 27.1. The van der Waals surface area contributed by atoms with Crippen molar-refractivity contribution in [2.45, 2.75) is 31.0 Å². The fourth-order valence-electron chi connectivity index (χ4n) is 2.71. The Morgan fingerprint density at radius 2 is 2.11 bits per heavy atom. The molecule has 1 aromatic heterocycles. The summed E-state index contributed by atoms with van der Waals surface area (Å²) in [4.78, 5) is 10.8. The number of aromatic nitrogens is 2. The predicted octanol–water partition coefficient (Wildman–Crippen LogP) is 2.88. The Bertz CT molecular complexity index is 579. The van der Waals surface area contributed by atoms with E-state index in [0.717, 1.165) is 0 Å². The summed E-state index contributed by atoms with van der Waals surface area (Å²) < 4.78 is 66.6.